The third-order valence-corrected chi connectivity index (χ3v) is 5.09. The number of para-hydroxylation sites is 1. The molecule has 1 fully saturated rings. The summed E-state index contributed by atoms with van der Waals surface area (Å²) in [5.41, 5.74) is 4.03. The molecule has 1 aliphatic heterocycles. The van der Waals surface area contributed by atoms with Crippen LogP contribution in [0, 0.1) is 13.8 Å². The lowest BCUT2D eigenvalue weighted by molar-refractivity contribution is -0.125. The van der Waals surface area contributed by atoms with Gasteiger partial charge < -0.3 is 9.80 Å². The summed E-state index contributed by atoms with van der Waals surface area (Å²) in [5, 5.41) is 4.64. The van der Waals surface area contributed by atoms with E-state index in [1.165, 1.54) is 0 Å². The molecule has 3 rings (SSSR count). The summed E-state index contributed by atoms with van der Waals surface area (Å²) >= 11 is 0. The van der Waals surface area contributed by atoms with Gasteiger partial charge in [0, 0.05) is 37.0 Å². The lowest BCUT2D eigenvalue weighted by Crippen LogP contribution is -2.34. The Hall–Kier alpha value is -2.40. The second-order valence-corrected chi connectivity index (χ2v) is 6.78. The van der Waals surface area contributed by atoms with Crippen LogP contribution in [-0.2, 0) is 4.79 Å². The molecule has 2 aromatic rings. The number of likely N-dealkylation sites (N-methyl/N-ethyl adjacent to an activating group) is 1. The number of nitrogens with zero attached hydrogens (tertiary/aromatic N) is 4. The van der Waals surface area contributed by atoms with E-state index in [1.54, 1.807) is 6.08 Å². The third kappa shape index (κ3) is 4.05. The number of rotatable bonds is 4. The van der Waals surface area contributed by atoms with Crippen molar-refractivity contribution in [3.63, 3.8) is 0 Å². The van der Waals surface area contributed by atoms with Crippen LogP contribution < -0.4 is 0 Å². The minimum absolute atomic E-state index is 0.0919. The van der Waals surface area contributed by atoms with Crippen molar-refractivity contribution in [3.05, 3.63) is 53.4 Å². The van der Waals surface area contributed by atoms with Crippen LogP contribution in [0.5, 0.6) is 0 Å². The summed E-state index contributed by atoms with van der Waals surface area (Å²) in [6, 6.07) is 10.1. The predicted octanol–water partition coefficient (Wildman–Crippen LogP) is 3.06. The first-order chi connectivity index (χ1) is 12.6. The van der Waals surface area contributed by atoms with Gasteiger partial charge in [0.15, 0.2) is 0 Å². The van der Waals surface area contributed by atoms with Crippen LogP contribution in [0.25, 0.3) is 11.8 Å². The summed E-state index contributed by atoms with van der Waals surface area (Å²) in [4.78, 5) is 17.0. The van der Waals surface area contributed by atoms with Gasteiger partial charge in [-0.05, 0) is 51.6 Å². The zero-order valence-corrected chi connectivity index (χ0v) is 16.0. The quantitative estimate of drug-likeness (QED) is 0.794. The topological polar surface area (TPSA) is 41.4 Å². The van der Waals surface area contributed by atoms with Crippen LogP contribution in [0.3, 0.4) is 0 Å². The largest absolute Gasteiger partial charge is 0.338 e. The Balaban J connectivity index is 1.74. The Bertz CT molecular complexity index is 779. The average Bonchev–Trinajstić information content (AvgIpc) is 2.83. The predicted molar refractivity (Wildman–Crippen MR) is 105 cm³/mol. The molecule has 0 N–H and O–H groups in total. The Morgan fingerprint density at radius 1 is 1.12 bits per heavy atom. The van der Waals surface area contributed by atoms with E-state index in [0.29, 0.717) is 0 Å². The Morgan fingerprint density at radius 2 is 1.88 bits per heavy atom. The van der Waals surface area contributed by atoms with Crippen molar-refractivity contribution in [1.29, 1.82) is 0 Å². The molecule has 0 spiro atoms. The maximum Gasteiger partial charge on any atom is 0.246 e. The van der Waals surface area contributed by atoms with Gasteiger partial charge in [0.2, 0.25) is 5.91 Å². The molecule has 138 valence electrons. The van der Waals surface area contributed by atoms with Crippen LogP contribution in [0.4, 0.5) is 0 Å². The number of aromatic nitrogens is 2. The highest BCUT2D eigenvalue weighted by Gasteiger charge is 2.17. The molecule has 5 heteroatoms. The Labute approximate surface area is 155 Å². The normalized spacial score (nSPS) is 16.2. The van der Waals surface area contributed by atoms with Gasteiger partial charge in [0.25, 0.3) is 0 Å². The molecular weight excluding hydrogens is 324 g/mol. The number of aryl methyl sites for hydroxylation is 1. The van der Waals surface area contributed by atoms with Gasteiger partial charge in [0.05, 0.1) is 11.4 Å². The van der Waals surface area contributed by atoms with E-state index in [-0.39, 0.29) is 5.91 Å². The van der Waals surface area contributed by atoms with Gasteiger partial charge in [-0.1, -0.05) is 25.1 Å². The van der Waals surface area contributed by atoms with Gasteiger partial charge in [-0.25, -0.2) is 4.68 Å². The molecule has 1 amide bonds. The first-order valence-corrected chi connectivity index (χ1v) is 9.41. The first kappa shape index (κ1) is 18.4. The molecule has 0 bridgehead atoms. The number of amides is 1. The molecule has 1 aromatic carbocycles. The molecule has 1 saturated heterocycles. The minimum Gasteiger partial charge on any atom is -0.338 e. The summed E-state index contributed by atoms with van der Waals surface area (Å²) < 4.78 is 1.94. The van der Waals surface area contributed by atoms with Crippen LogP contribution >= 0.6 is 0 Å². The zero-order valence-electron chi connectivity index (χ0n) is 16.0. The second-order valence-electron chi connectivity index (χ2n) is 6.78. The van der Waals surface area contributed by atoms with E-state index in [0.717, 1.165) is 61.8 Å². The zero-order chi connectivity index (χ0) is 18.5. The van der Waals surface area contributed by atoms with Crippen molar-refractivity contribution < 1.29 is 4.79 Å². The molecule has 0 aliphatic carbocycles. The van der Waals surface area contributed by atoms with E-state index in [9.17, 15) is 4.79 Å². The Kier molecular flexibility index (Phi) is 5.89. The fourth-order valence-corrected chi connectivity index (χ4v) is 3.48. The average molecular weight is 352 g/mol. The van der Waals surface area contributed by atoms with Crippen molar-refractivity contribution >= 4 is 12.0 Å². The summed E-state index contributed by atoms with van der Waals surface area (Å²) in [7, 11) is 0. The van der Waals surface area contributed by atoms with Gasteiger partial charge in [-0.15, -0.1) is 0 Å². The molecule has 0 unspecified atom stereocenters. The van der Waals surface area contributed by atoms with Crippen LogP contribution in [0.2, 0.25) is 0 Å². The number of benzene rings is 1. The molecule has 1 aromatic heterocycles. The van der Waals surface area contributed by atoms with Gasteiger partial charge in [0.1, 0.15) is 0 Å². The molecule has 26 heavy (non-hydrogen) atoms. The van der Waals surface area contributed by atoms with Crippen molar-refractivity contribution in [2.24, 2.45) is 0 Å². The molecular formula is C21H28N4O. The van der Waals surface area contributed by atoms with E-state index in [4.69, 9.17) is 0 Å². The molecule has 0 radical (unpaired) electrons. The van der Waals surface area contributed by atoms with Crippen molar-refractivity contribution in [2.45, 2.75) is 27.2 Å². The van der Waals surface area contributed by atoms with E-state index in [2.05, 4.69) is 16.9 Å². The minimum atomic E-state index is 0.0919. The van der Waals surface area contributed by atoms with Gasteiger partial charge in [-0.3, -0.25) is 4.79 Å². The maximum atomic E-state index is 12.6. The standard InChI is InChI=1S/C21H28N4O/c1-4-23-13-8-14-24(16-15-23)21(26)12-11-20-17(2)22-25(18(20)3)19-9-6-5-7-10-19/h5-7,9-12H,4,8,13-16H2,1-3H3. The van der Waals surface area contributed by atoms with E-state index < -0.39 is 0 Å². The highest BCUT2D eigenvalue weighted by Crippen LogP contribution is 2.19. The summed E-state index contributed by atoms with van der Waals surface area (Å²) in [6.07, 6.45) is 4.66. The van der Waals surface area contributed by atoms with Crippen LogP contribution in [-0.4, -0.2) is 58.2 Å². The molecule has 0 saturated carbocycles. The molecule has 0 atom stereocenters. The highest BCUT2D eigenvalue weighted by atomic mass is 16.2. The number of hydrogen-bond acceptors (Lipinski definition) is 3. The molecule has 1 aliphatic rings. The molecule has 2 heterocycles. The monoisotopic (exact) mass is 352 g/mol. The molecule has 5 nitrogen and oxygen atoms in total. The fourth-order valence-electron chi connectivity index (χ4n) is 3.48. The summed E-state index contributed by atoms with van der Waals surface area (Å²) in [5.74, 6) is 0.0919. The van der Waals surface area contributed by atoms with Gasteiger partial charge in [-0.2, -0.15) is 5.10 Å². The third-order valence-electron chi connectivity index (χ3n) is 5.09. The van der Waals surface area contributed by atoms with Crippen molar-refractivity contribution in [1.82, 2.24) is 19.6 Å². The van der Waals surface area contributed by atoms with Crippen LogP contribution in [0.15, 0.2) is 36.4 Å². The lowest BCUT2D eigenvalue weighted by Gasteiger charge is -2.19. The van der Waals surface area contributed by atoms with Gasteiger partial charge >= 0.3 is 0 Å². The Morgan fingerprint density at radius 3 is 2.62 bits per heavy atom. The van der Waals surface area contributed by atoms with Crippen LogP contribution in [0.1, 0.15) is 30.3 Å². The smallest absolute Gasteiger partial charge is 0.246 e. The maximum absolute atomic E-state index is 12.6. The number of hydrogen-bond donors (Lipinski definition) is 0. The van der Waals surface area contributed by atoms with Crippen molar-refractivity contribution in [3.8, 4) is 5.69 Å². The van der Waals surface area contributed by atoms with E-state index >= 15 is 0 Å². The van der Waals surface area contributed by atoms with Crippen molar-refractivity contribution in [2.75, 3.05) is 32.7 Å². The number of carbonyl (C=O) groups is 1. The second kappa shape index (κ2) is 8.32. The van der Waals surface area contributed by atoms with E-state index in [1.807, 2.05) is 59.8 Å². The first-order valence-electron chi connectivity index (χ1n) is 9.41. The summed E-state index contributed by atoms with van der Waals surface area (Å²) in [6.45, 7) is 10.9. The SMILES string of the molecule is CCN1CCCN(C(=O)C=Cc2c(C)nn(-c3ccccc3)c2C)CC1. The lowest BCUT2D eigenvalue weighted by atomic mass is 10.1. The number of carbonyl (C=O) groups excluding carboxylic acids is 1. The fraction of sp³-hybridized carbons (Fsp3) is 0.429. The highest BCUT2D eigenvalue weighted by molar-refractivity contribution is 5.92.